The Morgan fingerprint density at radius 3 is 2.62 bits per heavy atom. The van der Waals surface area contributed by atoms with Gasteiger partial charge in [-0.05, 0) is 19.3 Å². The molecule has 1 rings (SSSR count). The molecule has 1 aliphatic rings. The number of hydrogen-bond acceptors (Lipinski definition) is 2. The summed E-state index contributed by atoms with van der Waals surface area (Å²) in [5, 5.41) is 9.07. The molecule has 1 saturated heterocycles. The monoisotopic (exact) mass is 227 g/mol. The Morgan fingerprint density at radius 1 is 1.44 bits per heavy atom. The van der Waals surface area contributed by atoms with E-state index >= 15 is 0 Å². The molecule has 0 saturated carbocycles. The first-order valence-electron chi connectivity index (χ1n) is 6.53. The first-order valence-corrected chi connectivity index (χ1v) is 6.53. The zero-order valence-electron chi connectivity index (χ0n) is 10.8. The van der Waals surface area contributed by atoms with E-state index in [-0.39, 0.29) is 5.92 Å². The Balaban J connectivity index is 2.36. The minimum absolute atomic E-state index is 0.159. The van der Waals surface area contributed by atoms with Crippen LogP contribution in [0.1, 0.15) is 46.5 Å². The Bertz CT molecular complexity index is 230. The van der Waals surface area contributed by atoms with Crippen LogP contribution >= 0.6 is 0 Å². The highest BCUT2D eigenvalue weighted by atomic mass is 16.4. The largest absolute Gasteiger partial charge is 0.481 e. The summed E-state index contributed by atoms with van der Waals surface area (Å²) < 4.78 is 0. The first kappa shape index (κ1) is 13.5. The molecule has 1 fully saturated rings. The molecule has 94 valence electrons. The minimum atomic E-state index is -0.629. The molecule has 0 bridgehead atoms. The van der Waals surface area contributed by atoms with Gasteiger partial charge in [-0.3, -0.25) is 9.69 Å². The summed E-state index contributed by atoms with van der Waals surface area (Å²) in [5.41, 5.74) is 0. The van der Waals surface area contributed by atoms with Gasteiger partial charge >= 0.3 is 5.97 Å². The lowest BCUT2D eigenvalue weighted by Crippen LogP contribution is -2.31. The summed E-state index contributed by atoms with van der Waals surface area (Å²) in [6.45, 7) is 8.18. The minimum Gasteiger partial charge on any atom is -0.481 e. The molecule has 0 aliphatic carbocycles. The standard InChI is InChI=1S/C13H25NO2/c1-4-5-6-7-11(3)14-8-10(2)12(9-14)13(15)16/h10-12H,4-9H2,1-3H3,(H,15,16). The van der Waals surface area contributed by atoms with Crippen LogP contribution in [0.15, 0.2) is 0 Å². The van der Waals surface area contributed by atoms with Gasteiger partial charge in [0, 0.05) is 19.1 Å². The molecule has 3 unspecified atom stereocenters. The van der Waals surface area contributed by atoms with Crippen LogP contribution in [-0.4, -0.2) is 35.1 Å². The second-order valence-corrected chi connectivity index (χ2v) is 5.22. The van der Waals surface area contributed by atoms with Gasteiger partial charge in [0.15, 0.2) is 0 Å². The van der Waals surface area contributed by atoms with Gasteiger partial charge in [-0.25, -0.2) is 0 Å². The number of carbonyl (C=O) groups is 1. The SMILES string of the molecule is CCCCCC(C)N1CC(C)C(C(=O)O)C1. The van der Waals surface area contributed by atoms with Crippen molar-refractivity contribution in [2.24, 2.45) is 11.8 Å². The zero-order valence-corrected chi connectivity index (χ0v) is 10.8. The number of carboxylic acids is 1. The highest BCUT2D eigenvalue weighted by Gasteiger charge is 2.36. The maximum Gasteiger partial charge on any atom is 0.308 e. The number of aliphatic carboxylic acids is 1. The number of rotatable bonds is 6. The molecule has 16 heavy (non-hydrogen) atoms. The number of unbranched alkanes of at least 4 members (excludes halogenated alkanes) is 2. The van der Waals surface area contributed by atoms with E-state index in [0.29, 0.717) is 12.0 Å². The lowest BCUT2D eigenvalue weighted by molar-refractivity contribution is -0.142. The third-order valence-corrected chi connectivity index (χ3v) is 3.81. The lowest BCUT2D eigenvalue weighted by Gasteiger charge is -2.24. The van der Waals surface area contributed by atoms with Crippen molar-refractivity contribution in [1.82, 2.24) is 4.90 Å². The molecule has 3 nitrogen and oxygen atoms in total. The van der Waals surface area contributed by atoms with Crippen LogP contribution in [0.25, 0.3) is 0 Å². The van der Waals surface area contributed by atoms with E-state index in [1.165, 1.54) is 25.7 Å². The molecule has 3 heteroatoms. The average molecular weight is 227 g/mol. The van der Waals surface area contributed by atoms with E-state index in [4.69, 9.17) is 5.11 Å². The third kappa shape index (κ3) is 3.48. The van der Waals surface area contributed by atoms with Gasteiger partial charge in [0.05, 0.1) is 5.92 Å². The van der Waals surface area contributed by atoms with Crippen LogP contribution < -0.4 is 0 Å². The maximum atomic E-state index is 11.0. The number of carboxylic acid groups (broad SMARTS) is 1. The second-order valence-electron chi connectivity index (χ2n) is 5.22. The van der Waals surface area contributed by atoms with E-state index < -0.39 is 5.97 Å². The van der Waals surface area contributed by atoms with Crippen molar-refractivity contribution in [2.75, 3.05) is 13.1 Å². The summed E-state index contributed by atoms with van der Waals surface area (Å²) in [4.78, 5) is 13.4. The Labute approximate surface area is 98.8 Å². The van der Waals surface area contributed by atoms with Crippen molar-refractivity contribution < 1.29 is 9.90 Å². The van der Waals surface area contributed by atoms with Crippen LogP contribution in [0.2, 0.25) is 0 Å². The van der Waals surface area contributed by atoms with Gasteiger partial charge in [0.2, 0.25) is 0 Å². The molecule has 0 aromatic carbocycles. The summed E-state index contributed by atoms with van der Waals surface area (Å²) in [5.74, 6) is -0.490. The van der Waals surface area contributed by atoms with Crippen molar-refractivity contribution >= 4 is 5.97 Å². The van der Waals surface area contributed by atoms with Gasteiger partial charge in [-0.2, -0.15) is 0 Å². The van der Waals surface area contributed by atoms with E-state index in [0.717, 1.165) is 13.1 Å². The van der Waals surface area contributed by atoms with Crippen molar-refractivity contribution in [3.8, 4) is 0 Å². The van der Waals surface area contributed by atoms with E-state index in [1.54, 1.807) is 0 Å². The molecule has 1 heterocycles. The smallest absolute Gasteiger partial charge is 0.308 e. The highest BCUT2D eigenvalue weighted by Crippen LogP contribution is 2.26. The van der Waals surface area contributed by atoms with E-state index in [9.17, 15) is 4.79 Å². The molecule has 0 aromatic heterocycles. The van der Waals surface area contributed by atoms with Gasteiger partial charge < -0.3 is 5.11 Å². The highest BCUT2D eigenvalue weighted by molar-refractivity contribution is 5.71. The predicted octanol–water partition coefficient (Wildman–Crippen LogP) is 2.61. The van der Waals surface area contributed by atoms with Crippen LogP contribution in [0.5, 0.6) is 0 Å². The van der Waals surface area contributed by atoms with Gasteiger partial charge in [0.25, 0.3) is 0 Å². The van der Waals surface area contributed by atoms with Crippen LogP contribution in [0.3, 0.4) is 0 Å². The van der Waals surface area contributed by atoms with Crippen LogP contribution in [-0.2, 0) is 4.79 Å². The number of likely N-dealkylation sites (tertiary alicyclic amines) is 1. The third-order valence-electron chi connectivity index (χ3n) is 3.81. The van der Waals surface area contributed by atoms with Crippen molar-refractivity contribution in [3.05, 3.63) is 0 Å². The van der Waals surface area contributed by atoms with Gasteiger partial charge in [-0.15, -0.1) is 0 Å². The van der Waals surface area contributed by atoms with Gasteiger partial charge in [-0.1, -0.05) is 33.1 Å². The quantitative estimate of drug-likeness (QED) is 0.709. The van der Waals surface area contributed by atoms with Gasteiger partial charge in [0.1, 0.15) is 0 Å². The lowest BCUT2D eigenvalue weighted by atomic mass is 9.99. The van der Waals surface area contributed by atoms with Crippen molar-refractivity contribution in [3.63, 3.8) is 0 Å². The van der Waals surface area contributed by atoms with E-state index in [2.05, 4.69) is 25.7 Å². The summed E-state index contributed by atoms with van der Waals surface area (Å²) in [6.07, 6.45) is 5.00. The Hall–Kier alpha value is -0.570. The summed E-state index contributed by atoms with van der Waals surface area (Å²) in [7, 11) is 0. The fourth-order valence-corrected chi connectivity index (χ4v) is 2.56. The molecule has 1 aliphatic heterocycles. The van der Waals surface area contributed by atoms with Crippen LogP contribution in [0, 0.1) is 11.8 Å². The fraction of sp³-hybridized carbons (Fsp3) is 0.923. The predicted molar refractivity (Wildman–Crippen MR) is 65.5 cm³/mol. The maximum absolute atomic E-state index is 11.0. The van der Waals surface area contributed by atoms with Crippen molar-refractivity contribution in [2.45, 2.75) is 52.5 Å². The van der Waals surface area contributed by atoms with Crippen LogP contribution in [0.4, 0.5) is 0 Å². The molecule has 0 spiro atoms. The molecule has 0 aromatic rings. The zero-order chi connectivity index (χ0) is 12.1. The average Bonchev–Trinajstić information content (AvgIpc) is 2.60. The molecular formula is C13H25NO2. The molecule has 1 N–H and O–H groups in total. The fourth-order valence-electron chi connectivity index (χ4n) is 2.56. The normalized spacial score (nSPS) is 28.2. The molecular weight excluding hydrogens is 202 g/mol. The number of nitrogens with zero attached hydrogens (tertiary/aromatic N) is 1. The Morgan fingerprint density at radius 2 is 2.12 bits per heavy atom. The molecule has 3 atom stereocenters. The summed E-state index contributed by atoms with van der Waals surface area (Å²) in [6, 6.07) is 0.540. The first-order chi connectivity index (χ1) is 7.56. The number of hydrogen-bond donors (Lipinski definition) is 1. The van der Waals surface area contributed by atoms with E-state index in [1.807, 2.05) is 0 Å². The van der Waals surface area contributed by atoms with Crippen molar-refractivity contribution in [1.29, 1.82) is 0 Å². The molecule has 0 radical (unpaired) electrons. The molecule has 0 amide bonds. The second kappa shape index (κ2) is 6.24. The topological polar surface area (TPSA) is 40.5 Å². The Kier molecular flexibility index (Phi) is 5.26. The summed E-state index contributed by atoms with van der Waals surface area (Å²) >= 11 is 0.